The van der Waals surface area contributed by atoms with Gasteiger partial charge in [0.15, 0.2) is 0 Å². The molecular formula is C14H28N2O. The molecule has 100 valence electrons. The number of nitrogens with zero attached hydrogens (tertiary/aromatic N) is 1. The minimum absolute atomic E-state index is 0.198. The molecule has 1 aliphatic rings. The molecule has 1 amide bonds. The van der Waals surface area contributed by atoms with Gasteiger partial charge in [0.1, 0.15) is 0 Å². The first-order chi connectivity index (χ1) is 8.11. The summed E-state index contributed by atoms with van der Waals surface area (Å²) in [7, 11) is 1.87. The highest BCUT2D eigenvalue weighted by molar-refractivity contribution is 5.78. The van der Waals surface area contributed by atoms with Gasteiger partial charge in [0.2, 0.25) is 5.91 Å². The fraction of sp³-hybridized carbons (Fsp3) is 0.929. The van der Waals surface area contributed by atoms with Gasteiger partial charge in [-0.25, -0.2) is 0 Å². The molecule has 1 saturated carbocycles. The monoisotopic (exact) mass is 240 g/mol. The summed E-state index contributed by atoms with van der Waals surface area (Å²) in [6.45, 7) is 5.56. The van der Waals surface area contributed by atoms with Crippen molar-refractivity contribution in [2.45, 2.75) is 58.4 Å². The Kier molecular flexibility index (Phi) is 6.56. The van der Waals surface area contributed by atoms with E-state index in [9.17, 15) is 4.79 Å². The molecule has 0 heterocycles. The fourth-order valence-corrected chi connectivity index (χ4v) is 2.39. The third-order valence-corrected chi connectivity index (χ3v) is 3.90. The molecule has 17 heavy (non-hydrogen) atoms. The number of rotatable bonds is 6. The highest BCUT2D eigenvalue weighted by atomic mass is 16.2. The normalized spacial score (nSPS) is 17.4. The number of carbonyl (C=O) groups excluding carboxylic acids is 1. The minimum atomic E-state index is 0.198. The van der Waals surface area contributed by atoms with Crippen LogP contribution in [-0.2, 0) is 4.79 Å². The summed E-state index contributed by atoms with van der Waals surface area (Å²) < 4.78 is 0. The predicted molar refractivity (Wildman–Crippen MR) is 72.0 cm³/mol. The molecule has 0 bridgehead atoms. The van der Waals surface area contributed by atoms with Gasteiger partial charge in [-0.2, -0.15) is 0 Å². The third-order valence-electron chi connectivity index (χ3n) is 3.90. The number of carbonyl (C=O) groups is 1. The van der Waals surface area contributed by atoms with E-state index >= 15 is 0 Å². The van der Waals surface area contributed by atoms with Crippen LogP contribution in [0.15, 0.2) is 0 Å². The summed E-state index contributed by atoms with van der Waals surface area (Å²) in [5.74, 6) is 1.10. The van der Waals surface area contributed by atoms with E-state index in [0.29, 0.717) is 12.6 Å². The van der Waals surface area contributed by atoms with Gasteiger partial charge in [-0.05, 0) is 32.7 Å². The van der Waals surface area contributed by atoms with Crippen molar-refractivity contribution < 1.29 is 4.79 Å². The van der Waals surface area contributed by atoms with Crippen LogP contribution in [0.25, 0.3) is 0 Å². The summed E-state index contributed by atoms with van der Waals surface area (Å²) in [6.07, 6.45) is 8.24. The standard InChI is InChI=1S/C14H28N2O/c1-12(2)16(3)14(17)11-15-10-9-13-7-5-4-6-8-13/h12-13,15H,4-11H2,1-3H3. The molecule has 0 aromatic heterocycles. The Hall–Kier alpha value is -0.570. The van der Waals surface area contributed by atoms with E-state index in [1.165, 1.54) is 38.5 Å². The van der Waals surface area contributed by atoms with E-state index in [4.69, 9.17) is 0 Å². The van der Waals surface area contributed by atoms with Crippen LogP contribution in [0.2, 0.25) is 0 Å². The Labute approximate surface area is 106 Å². The van der Waals surface area contributed by atoms with Crippen molar-refractivity contribution in [3.05, 3.63) is 0 Å². The van der Waals surface area contributed by atoms with E-state index in [-0.39, 0.29) is 5.91 Å². The second kappa shape index (κ2) is 7.70. The second-order valence-electron chi connectivity index (χ2n) is 5.57. The quantitative estimate of drug-likeness (QED) is 0.723. The fourth-order valence-electron chi connectivity index (χ4n) is 2.39. The van der Waals surface area contributed by atoms with E-state index < -0.39 is 0 Å². The maximum absolute atomic E-state index is 11.7. The lowest BCUT2D eigenvalue weighted by atomic mass is 9.87. The minimum Gasteiger partial charge on any atom is -0.342 e. The molecule has 0 aromatic rings. The van der Waals surface area contributed by atoms with Crippen molar-refractivity contribution in [1.29, 1.82) is 0 Å². The molecule has 0 unspecified atom stereocenters. The molecule has 0 aromatic carbocycles. The molecule has 0 aliphatic heterocycles. The summed E-state index contributed by atoms with van der Waals surface area (Å²) >= 11 is 0. The Morgan fingerprint density at radius 3 is 2.53 bits per heavy atom. The third kappa shape index (κ3) is 5.53. The molecule has 3 heteroatoms. The maximum Gasteiger partial charge on any atom is 0.236 e. The maximum atomic E-state index is 11.7. The number of likely N-dealkylation sites (N-methyl/N-ethyl adjacent to an activating group) is 1. The lowest BCUT2D eigenvalue weighted by molar-refractivity contribution is -0.130. The summed E-state index contributed by atoms with van der Waals surface area (Å²) in [5.41, 5.74) is 0. The molecule has 1 N–H and O–H groups in total. The van der Waals surface area contributed by atoms with E-state index in [1.807, 2.05) is 20.9 Å². The van der Waals surface area contributed by atoms with Crippen LogP contribution < -0.4 is 5.32 Å². The zero-order chi connectivity index (χ0) is 12.7. The van der Waals surface area contributed by atoms with Gasteiger partial charge in [-0.1, -0.05) is 32.1 Å². The highest BCUT2D eigenvalue weighted by Gasteiger charge is 2.14. The van der Waals surface area contributed by atoms with Gasteiger partial charge in [-0.3, -0.25) is 4.79 Å². The molecule has 3 nitrogen and oxygen atoms in total. The van der Waals surface area contributed by atoms with Gasteiger partial charge < -0.3 is 10.2 Å². The number of amides is 1. The molecule has 1 rings (SSSR count). The first-order valence-corrected chi connectivity index (χ1v) is 7.07. The number of hydrogen-bond donors (Lipinski definition) is 1. The zero-order valence-corrected chi connectivity index (χ0v) is 11.7. The van der Waals surface area contributed by atoms with Gasteiger partial charge in [0, 0.05) is 13.1 Å². The van der Waals surface area contributed by atoms with E-state index in [0.717, 1.165) is 12.5 Å². The zero-order valence-electron chi connectivity index (χ0n) is 11.7. The van der Waals surface area contributed by atoms with Crippen LogP contribution in [0, 0.1) is 5.92 Å². The lowest BCUT2D eigenvalue weighted by Gasteiger charge is -2.23. The van der Waals surface area contributed by atoms with Crippen molar-refractivity contribution in [1.82, 2.24) is 10.2 Å². The molecular weight excluding hydrogens is 212 g/mol. The van der Waals surface area contributed by atoms with Crippen LogP contribution in [0.1, 0.15) is 52.4 Å². The summed E-state index contributed by atoms with van der Waals surface area (Å²) in [6, 6.07) is 0.294. The largest absolute Gasteiger partial charge is 0.342 e. The van der Waals surface area contributed by atoms with Gasteiger partial charge in [0.25, 0.3) is 0 Å². The van der Waals surface area contributed by atoms with Crippen molar-refractivity contribution in [2.24, 2.45) is 5.92 Å². The van der Waals surface area contributed by atoms with Crippen LogP contribution in [0.3, 0.4) is 0 Å². The molecule has 1 fully saturated rings. The first-order valence-electron chi connectivity index (χ1n) is 7.07. The van der Waals surface area contributed by atoms with Gasteiger partial charge in [0.05, 0.1) is 6.54 Å². The Bertz CT molecular complexity index is 222. The Balaban J connectivity index is 2.05. The van der Waals surface area contributed by atoms with E-state index in [2.05, 4.69) is 5.32 Å². The molecule has 1 aliphatic carbocycles. The van der Waals surface area contributed by atoms with Crippen molar-refractivity contribution in [3.8, 4) is 0 Å². The van der Waals surface area contributed by atoms with Crippen LogP contribution >= 0.6 is 0 Å². The molecule has 0 atom stereocenters. The Morgan fingerprint density at radius 2 is 1.94 bits per heavy atom. The van der Waals surface area contributed by atoms with Crippen molar-refractivity contribution >= 4 is 5.91 Å². The van der Waals surface area contributed by atoms with Crippen LogP contribution in [0.4, 0.5) is 0 Å². The first kappa shape index (κ1) is 14.5. The second-order valence-corrected chi connectivity index (χ2v) is 5.57. The van der Waals surface area contributed by atoms with Crippen molar-refractivity contribution in [2.75, 3.05) is 20.1 Å². The Morgan fingerprint density at radius 1 is 1.29 bits per heavy atom. The summed E-state index contributed by atoms with van der Waals surface area (Å²) in [4.78, 5) is 13.5. The highest BCUT2D eigenvalue weighted by Crippen LogP contribution is 2.25. The average molecular weight is 240 g/mol. The predicted octanol–water partition coefficient (Wildman–Crippen LogP) is 2.41. The van der Waals surface area contributed by atoms with Crippen LogP contribution in [-0.4, -0.2) is 37.0 Å². The topological polar surface area (TPSA) is 32.3 Å². The van der Waals surface area contributed by atoms with Gasteiger partial charge >= 0.3 is 0 Å². The smallest absolute Gasteiger partial charge is 0.236 e. The molecule has 0 saturated heterocycles. The SMILES string of the molecule is CC(C)N(C)C(=O)CNCCC1CCCCC1. The van der Waals surface area contributed by atoms with Crippen molar-refractivity contribution in [3.63, 3.8) is 0 Å². The molecule has 0 radical (unpaired) electrons. The summed E-state index contributed by atoms with van der Waals surface area (Å²) in [5, 5.41) is 3.28. The lowest BCUT2D eigenvalue weighted by Crippen LogP contribution is -2.39. The van der Waals surface area contributed by atoms with Crippen LogP contribution in [0.5, 0.6) is 0 Å². The van der Waals surface area contributed by atoms with E-state index in [1.54, 1.807) is 4.90 Å². The molecule has 0 spiro atoms. The average Bonchev–Trinajstić information content (AvgIpc) is 2.34. The van der Waals surface area contributed by atoms with Gasteiger partial charge in [-0.15, -0.1) is 0 Å². The number of nitrogens with one attached hydrogen (secondary N) is 1. The number of hydrogen-bond acceptors (Lipinski definition) is 2.